The van der Waals surface area contributed by atoms with E-state index in [1.807, 2.05) is 6.92 Å². The number of phenolic OH excluding ortho intramolecular Hbond substituents is 1. The summed E-state index contributed by atoms with van der Waals surface area (Å²) >= 11 is 0. The van der Waals surface area contributed by atoms with Gasteiger partial charge in [0.2, 0.25) is 5.91 Å². The van der Waals surface area contributed by atoms with Crippen molar-refractivity contribution in [1.29, 1.82) is 5.26 Å². The summed E-state index contributed by atoms with van der Waals surface area (Å²) in [6.07, 6.45) is 1.88. The summed E-state index contributed by atoms with van der Waals surface area (Å²) in [6.45, 7) is 3.08. The third-order valence-corrected chi connectivity index (χ3v) is 3.65. The van der Waals surface area contributed by atoms with Crippen LogP contribution in [0, 0.1) is 16.7 Å². The molecule has 1 atom stereocenters. The lowest BCUT2D eigenvalue weighted by Gasteiger charge is -2.36. The number of piperidine rings is 1. The summed E-state index contributed by atoms with van der Waals surface area (Å²) in [6, 6.07) is 9.17. The van der Waals surface area contributed by atoms with Gasteiger partial charge in [0.05, 0.1) is 17.9 Å². The number of likely N-dealkylation sites (tertiary alicyclic amines) is 1. The highest BCUT2D eigenvalue weighted by Gasteiger charge is 2.33. The summed E-state index contributed by atoms with van der Waals surface area (Å²) in [5.41, 5.74) is 0.198. The van der Waals surface area contributed by atoms with Gasteiger partial charge in [0.1, 0.15) is 5.75 Å². The van der Waals surface area contributed by atoms with Crippen LogP contribution in [0.15, 0.2) is 24.3 Å². The topological polar surface area (TPSA) is 64.3 Å². The third kappa shape index (κ3) is 3.05. The fourth-order valence-corrected chi connectivity index (χ4v) is 2.48. The SMILES string of the molecule is C[C@]1(C#N)CCCN(C(=O)Cc2ccccc2O)C1. The van der Waals surface area contributed by atoms with Crippen LogP contribution in [0.2, 0.25) is 0 Å². The van der Waals surface area contributed by atoms with E-state index < -0.39 is 5.41 Å². The van der Waals surface area contributed by atoms with E-state index in [4.69, 9.17) is 5.26 Å². The number of rotatable bonds is 2. The van der Waals surface area contributed by atoms with E-state index in [0.29, 0.717) is 18.7 Å². The van der Waals surface area contributed by atoms with Gasteiger partial charge >= 0.3 is 0 Å². The Hall–Kier alpha value is -2.02. The van der Waals surface area contributed by atoms with Crippen molar-refractivity contribution < 1.29 is 9.90 Å². The van der Waals surface area contributed by atoms with Crippen LogP contribution in [-0.2, 0) is 11.2 Å². The Kier molecular flexibility index (Phi) is 3.75. The molecule has 4 nitrogen and oxygen atoms in total. The molecule has 0 bridgehead atoms. The summed E-state index contributed by atoms with van der Waals surface area (Å²) < 4.78 is 0. The minimum atomic E-state index is -0.438. The van der Waals surface area contributed by atoms with Crippen LogP contribution in [0.3, 0.4) is 0 Å². The van der Waals surface area contributed by atoms with E-state index in [0.717, 1.165) is 12.8 Å². The Bertz CT molecular complexity index is 521. The number of carbonyl (C=O) groups is 1. The number of nitrogens with zero attached hydrogens (tertiary/aromatic N) is 2. The molecule has 1 N–H and O–H groups in total. The zero-order chi connectivity index (χ0) is 13.9. The molecular formula is C15H18N2O2. The van der Waals surface area contributed by atoms with Crippen LogP contribution in [0.25, 0.3) is 0 Å². The predicted molar refractivity (Wildman–Crippen MR) is 71.3 cm³/mol. The third-order valence-electron chi connectivity index (χ3n) is 3.65. The van der Waals surface area contributed by atoms with E-state index in [1.165, 1.54) is 0 Å². The second kappa shape index (κ2) is 5.31. The number of hydrogen-bond acceptors (Lipinski definition) is 3. The lowest BCUT2D eigenvalue weighted by atomic mass is 9.83. The van der Waals surface area contributed by atoms with E-state index in [1.54, 1.807) is 29.2 Å². The van der Waals surface area contributed by atoms with Crippen LogP contribution in [0.5, 0.6) is 5.75 Å². The van der Waals surface area contributed by atoms with Crippen molar-refractivity contribution in [2.75, 3.05) is 13.1 Å². The fraction of sp³-hybridized carbons (Fsp3) is 0.467. The van der Waals surface area contributed by atoms with Gasteiger partial charge in [0.25, 0.3) is 0 Å². The molecule has 0 saturated carbocycles. The number of aromatic hydroxyl groups is 1. The molecule has 100 valence electrons. The molecule has 19 heavy (non-hydrogen) atoms. The molecule has 1 amide bonds. The van der Waals surface area contributed by atoms with Gasteiger partial charge in [0, 0.05) is 18.7 Å². The molecule has 1 aliphatic heterocycles. The molecular weight excluding hydrogens is 240 g/mol. The summed E-state index contributed by atoms with van der Waals surface area (Å²) in [4.78, 5) is 14.0. The zero-order valence-electron chi connectivity index (χ0n) is 11.1. The second-order valence-corrected chi connectivity index (χ2v) is 5.40. The molecule has 0 radical (unpaired) electrons. The summed E-state index contributed by atoms with van der Waals surface area (Å²) in [7, 11) is 0. The van der Waals surface area contributed by atoms with Crippen molar-refractivity contribution in [2.24, 2.45) is 5.41 Å². The maximum absolute atomic E-state index is 12.2. The van der Waals surface area contributed by atoms with Crippen LogP contribution in [-0.4, -0.2) is 29.0 Å². The van der Waals surface area contributed by atoms with Gasteiger partial charge < -0.3 is 10.0 Å². The van der Waals surface area contributed by atoms with Crippen LogP contribution >= 0.6 is 0 Å². The standard InChI is InChI=1S/C15H18N2O2/c1-15(10-16)7-4-8-17(11-15)14(19)9-12-5-2-3-6-13(12)18/h2-3,5-6,18H,4,7-9,11H2,1H3/t15-/m1/s1. The van der Waals surface area contributed by atoms with Crippen molar-refractivity contribution in [3.63, 3.8) is 0 Å². The first-order chi connectivity index (χ1) is 9.04. The first-order valence-electron chi connectivity index (χ1n) is 6.50. The minimum absolute atomic E-state index is 0.0253. The zero-order valence-corrected chi connectivity index (χ0v) is 11.1. The monoisotopic (exact) mass is 258 g/mol. The van der Waals surface area contributed by atoms with E-state index in [2.05, 4.69) is 6.07 Å². The molecule has 4 heteroatoms. The predicted octanol–water partition coefficient (Wildman–Crippen LogP) is 2.09. The quantitative estimate of drug-likeness (QED) is 0.883. The Morgan fingerprint density at radius 3 is 2.95 bits per heavy atom. The van der Waals surface area contributed by atoms with E-state index >= 15 is 0 Å². The normalized spacial score (nSPS) is 22.8. The first-order valence-corrected chi connectivity index (χ1v) is 6.50. The van der Waals surface area contributed by atoms with Crippen LogP contribution in [0.4, 0.5) is 0 Å². The first kappa shape index (κ1) is 13.4. The lowest BCUT2D eigenvalue weighted by Crippen LogP contribution is -2.44. The molecule has 0 aliphatic carbocycles. The highest BCUT2D eigenvalue weighted by Crippen LogP contribution is 2.29. The Balaban J connectivity index is 2.05. The number of amides is 1. The summed E-state index contributed by atoms with van der Waals surface area (Å²) in [5.74, 6) is 0.124. The Morgan fingerprint density at radius 2 is 2.26 bits per heavy atom. The number of benzene rings is 1. The van der Waals surface area contributed by atoms with Crippen molar-refractivity contribution in [2.45, 2.75) is 26.2 Å². The molecule has 0 spiro atoms. The van der Waals surface area contributed by atoms with Gasteiger partial charge in [0.15, 0.2) is 0 Å². The average Bonchev–Trinajstić information content (AvgIpc) is 2.41. The number of para-hydroxylation sites is 1. The average molecular weight is 258 g/mol. The number of hydrogen-bond donors (Lipinski definition) is 1. The van der Waals surface area contributed by atoms with Gasteiger partial charge in [-0.15, -0.1) is 0 Å². The highest BCUT2D eigenvalue weighted by molar-refractivity contribution is 5.79. The Labute approximate surface area is 113 Å². The maximum atomic E-state index is 12.2. The largest absolute Gasteiger partial charge is 0.508 e. The minimum Gasteiger partial charge on any atom is -0.508 e. The van der Waals surface area contributed by atoms with Crippen LogP contribution < -0.4 is 0 Å². The van der Waals surface area contributed by atoms with Crippen molar-refractivity contribution in [3.8, 4) is 11.8 Å². The molecule has 0 aromatic heterocycles. The van der Waals surface area contributed by atoms with E-state index in [9.17, 15) is 9.90 Å². The smallest absolute Gasteiger partial charge is 0.227 e. The van der Waals surface area contributed by atoms with Gasteiger partial charge in [-0.25, -0.2) is 0 Å². The molecule has 1 aromatic rings. The van der Waals surface area contributed by atoms with Crippen LogP contribution in [0.1, 0.15) is 25.3 Å². The molecule has 0 unspecified atom stereocenters. The second-order valence-electron chi connectivity index (χ2n) is 5.40. The van der Waals surface area contributed by atoms with Gasteiger partial charge in [-0.2, -0.15) is 5.26 Å². The molecule has 1 aromatic carbocycles. The number of nitriles is 1. The van der Waals surface area contributed by atoms with Gasteiger partial charge in [-0.3, -0.25) is 4.79 Å². The van der Waals surface area contributed by atoms with Crippen molar-refractivity contribution >= 4 is 5.91 Å². The van der Waals surface area contributed by atoms with Gasteiger partial charge in [-0.1, -0.05) is 18.2 Å². The lowest BCUT2D eigenvalue weighted by molar-refractivity contribution is -0.133. The van der Waals surface area contributed by atoms with E-state index in [-0.39, 0.29) is 18.1 Å². The van der Waals surface area contributed by atoms with Gasteiger partial charge in [-0.05, 0) is 25.8 Å². The number of carbonyl (C=O) groups excluding carboxylic acids is 1. The molecule has 2 rings (SSSR count). The maximum Gasteiger partial charge on any atom is 0.227 e. The van der Waals surface area contributed by atoms with Crippen molar-refractivity contribution in [1.82, 2.24) is 4.90 Å². The highest BCUT2D eigenvalue weighted by atomic mass is 16.3. The molecule has 1 fully saturated rings. The molecule has 1 saturated heterocycles. The fourth-order valence-electron chi connectivity index (χ4n) is 2.48. The molecule has 1 heterocycles. The molecule has 1 aliphatic rings. The Morgan fingerprint density at radius 1 is 1.53 bits per heavy atom. The summed E-state index contributed by atoms with van der Waals surface area (Å²) in [5, 5.41) is 18.8. The number of phenols is 1. The van der Waals surface area contributed by atoms with Crippen molar-refractivity contribution in [3.05, 3.63) is 29.8 Å².